The van der Waals surface area contributed by atoms with E-state index in [1.807, 2.05) is 44.4 Å². The number of hydrogen-bond acceptors (Lipinski definition) is 4. The van der Waals surface area contributed by atoms with Crippen molar-refractivity contribution in [1.82, 2.24) is 4.98 Å². The van der Waals surface area contributed by atoms with Crippen LogP contribution in [0.1, 0.15) is 0 Å². The summed E-state index contributed by atoms with van der Waals surface area (Å²) in [6, 6.07) is 20.5. The van der Waals surface area contributed by atoms with Crippen LogP contribution in [0, 0.1) is 0 Å². The molecule has 0 spiro atoms. The van der Waals surface area contributed by atoms with Crippen LogP contribution < -0.4 is 4.90 Å². The van der Waals surface area contributed by atoms with E-state index in [4.69, 9.17) is 4.42 Å². The van der Waals surface area contributed by atoms with Crippen LogP contribution in [0.4, 0.5) is 5.69 Å². The fraction of sp³-hybridized carbons (Fsp3) is 0.105. The van der Waals surface area contributed by atoms with E-state index in [1.54, 1.807) is 11.3 Å². The normalized spacial score (nSPS) is 11.0. The molecule has 0 bridgehead atoms. The highest BCUT2D eigenvalue weighted by molar-refractivity contribution is 7.21. The van der Waals surface area contributed by atoms with Gasteiger partial charge in [0.1, 0.15) is 5.76 Å². The van der Waals surface area contributed by atoms with E-state index >= 15 is 0 Å². The highest BCUT2D eigenvalue weighted by Crippen LogP contribution is 2.34. The van der Waals surface area contributed by atoms with Crippen molar-refractivity contribution < 1.29 is 4.42 Å². The minimum atomic E-state index is 0.817. The van der Waals surface area contributed by atoms with Gasteiger partial charge in [0.15, 0.2) is 10.8 Å². The Bertz CT molecular complexity index is 918. The summed E-state index contributed by atoms with van der Waals surface area (Å²) in [5.74, 6) is 1.68. The van der Waals surface area contributed by atoms with Gasteiger partial charge in [-0.2, -0.15) is 0 Å². The van der Waals surface area contributed by atoms with E-state index in [-0.39, 0.29) is 0 Å². The van der Waals surface area contributed by atoms with Gasteiger partial charge in [0.2, 0.25) is 0 Å². The number of furan rings is 1. The summed E-state index contributed by atoms with van der Waals surface area (Å²) in [5, 5.41) is 0.919. The summed E-state index contributed by atoms with van der Waals surface area (Å²) >= 11 is 1.65. The Hall–Kier alpha value is -2.59. The average Bonchev–Trinajstić information content (AvgIpc) is 3.21. The third-order valence-electron chi connectivity index (χ3n) is 3.78. The molecule has 2 aromatic carbocycles. The van der Waals surface area contributed by atoms with E-state index in [2.05, 4.69) is 40.2 Å². The molecular formula is C19H16N2OS. The predicted molar refractivity (Wildman–Crippen MR) is 97.1 cm³/mol. The second-order valence-electron chi connectivity index (χ2n) is 5.59. The first kappa shape index (κ1) is 14.0. The summed E-state index contributed by atoms with van der Waals surface area (Å²) in [6.07, 6.45) is 0. The van der Waals surface area contributed by atoms with E-state index in [0.29, 0.717) is 0 Å². The molecule has 4 heteroatoms. The van der Waals surface area contributed by atoms with Crippen LogP contribution in [0.3, 0.4) is 0 Å². The number of anilines is 1. The molecule has 4 rings (SSSR count). The molecule has 0 atom stereocenters. The maximum Gasteiger partial charge on any atom is 0.163 e. The first-order chi connectivity index (χ1) is 11.2. The van der Waals surface area contributed by atoms with E-state index < -0.39 is 0 Å². The number of aromatic nitrogens is 1. The Morgan fingerprint density at radius 2 is 1.61 bits per heavy atom. The number of para-hydroxylation sites is 1. The van der Waals surface area contributed by atoms with Crippen LogP contribution in [-0.4, -0.2) is 19.1 Å². The number of rotatable bonds is 3. The fourth-order valence-electron chi connectivity index (χ4n) is 2.51. The standard InChI is InChI=1S/C19H16N2OS/c1-21(2)14-9-7-13(8-10-14)16-11-12-17(22-16)19-20-15-5-3-4-6-18(15)23-19/h3-12H,1-2H3. The van der Waals surface area contributed by atoms with Crippen molar-refractivity contribution in [2.24, 2.45) is 0 Å². The summed E-state index contributed by atoms with van der Waals surface area (Å²) < 4.78 is 7.20. The molecule has 0 N–H and O–H groups in total. The van der Waals surface area contributed by atoms with Crippen molar-refractivity contribution in [3.05, 3.63) is 60.7 Å². The van der Waals surface area contributed by atoms with Gasteiger partial charge < -0.3 is 9.32 Å². The lowest BCUT2D eigenvalue weighted by molar-refractivity contribution is 0.597. The molecular weight excluding hydrogens is 304 g/mol. The van der Waals surface area contributed by atoms with Gasteiger partial charge in [-0.25, -0.2) is 4.98 Å². The van der Waals surface area contributed by atoms with Gasteiger partial charge in [-0.3, -0.25) is 0 Å². The Balaban J connectivity index is 1.68. The van der Waals surface area contributed by atoms with Gasteiger partial charge in [0, 0.05) is 25.3 Å². The molecule has 23 heavy (non-hydrogen) atoms. The SMILES string of the molecule is CN(C)c1ccc(-c2ccc(-c3nc4ccccc4s3)o2)cc1. The van der Waals surface area contributed by atoms with Crippen molar-refractivity contribution in [3.8, 4) is 22.1 Å². The first-order valence-electron chi connectivity index (χ1n) is 7.44. The minimum absolute atomic E-state index is 0.817. The molecule has 2 heterocycles. The Morgan fingerprint density at radius 1 is 0.870 bits per heavy atom. The maximum absolute atomic E-state index is 6.02. The summed E-state index contributed by atoms with van der Waals surface area (Å²) in [5.41, 5.74) is 3.26. The fourth-order valence-corrected chi connectivity index (χ4v) is 3.44. The lowest BCUT2D eigenvalue weighted by atomic mass is 10.1. The van der Waals surface area contributed by atoms with Crippen LogP contribution >= 0.6 is 11.3 Å². The van der Waals surface area contributed by atoms with Crippen molar-refractivity contribution in [3.63, 3.8) is 0 Å². The molecule has 0 saturated carbocycles. The number of thiazole rings is 1. The van der Waals surface area contributed by atoms with Gasteiger partial charge in [-0.15, -0.1) is 11.3 Å². The molecule has 0 amide bonds. The number of hydrogen-bond donors (Lipinski definition) is 0. The smallest absolute Gasteiger partial charge is 0.163 e. The van der Waals surface area contributed by atoms with Gasteiger partial charge in [-0.05, 0) is 48.5 Å². The predicted octanol–water partition coefficient (Wildman–Crippen LogP) is 5.29. The lowest BCUT2D eigenvalue weighted by Gasteiger charge is -2.12. The molecule has 0 aliphatic carbocycles. The van der Waals surface area contributed by atoms with Crippen LogP contribution in [0.2, 0.25) is 0 Å². The molecule has 0 aliphatic heterocycles. The number of fused-ring (bicyclic) bond motifs is 1. The van der Waals surface area contributed by atoms with Crippen molar-refractivity contribution >= 4 is 27.2 Å². The van der Waals surface area contributed by atoms with Gasteiger partial charge >= 0.3 is 0 Å². The Labute approximate surface area is 138 Å². The zero-order valence-corrected chi connectivity index (χ0v) is 13.8. The zero-order chi connectivity index (χ0) is 15.8. The molecule has 4 aromatic rings. The average molecular weight is 320 g/mol. The maximum atomic E-state index is 6.02. The van der Waals surface area contributed by atoms with Crippen molar-refractivity contribution in [2.45, 2.75) is 0 Å². The molecule has 114 valence electrons. The second kappa shape index (κ2) is 5.56. The first-order valence-corrected chi connectivity index (χ1v) is 8.26. The molecule has 0 radical (unpaired) electrons. The molecule has 0 unspecified atom stereocenters. The van der Waals surface area contributed by atoms with Gasteiger partial charge in [-0.1, -0.05) is 12.1 Å². The van der Waals surface area contributed by atoms with Crippen LogP contribution in [0.15, 0.2) is 65.1 Å². The molecule has 0 fully saturated rings. The van der Waals surface area contributed by atoms with Crippen molar-refractivity contribution in [2.75, 3.05) is 19.0 Å². The Morgan fingerprint density at radius 3 is 2.35 bits per heavy atom. The summed E-state index contributed by atoms with van der Waals surface area (Å²) in [6.45, 7) is 0. The lowest BCUT2D eigenvalue weighted by Crippen LogP contribution is -2.07. The van der Waals surface area contributed by atoms with Gasteiger partial charge in [0.25, 0.3) is 0 Å². The zero-order valence-electron chi connectivity index (χ0n) is 13.0. The van der Waals surface area contributed by atoms with Crippen molar-refractivity contribution in [1.29, 1.82) is 0 Å². The summed E-state index contributed by atoms with van der Waals surface area (Å²) in [7, 11) is 4.07. The third-order valence-corrected chi connectivity index (χ3v) is 4.83. The highest BCUT2D eigenvalue weighted by atomic mass is 32.1. The quantitative estimate of drug-likeness (QED) is 0.513. The minimum Gasteiger partial charge on any atom is -0.454 e. The Kier molecular flexibility index (Phi) is 3.39. The monoisotopic (exact) mass is 320 g/mol. The highest BCUT2D eigenvalue weighted by Gasteiger charge is 2.11. The van der Waals surface area contributed by atoms with E-state index in [0.717, 1.165) is 27.6 Å². The van der Waals surface area contributed by atoms with Gasteiger partial charge in [0.05, 0.1) is 10.2 Å². The number of nitrogens with zero attached hydrogens (tertiary/aromatic N) is 2. The summed E-state index contributed by atoms with van der Waals surface area (Å²) in [4.78, 5) is 6.73. The second-order valence-corrected chi connectivity index (χ2v) is 6.62. The largest absolute Gasteiger partial charge is 0.454 e. The molecule has 3 nitrogen and oxygen atoms in total. The molecule has 0 aliphatic rings. The van der Waals surface area contributed by atoms with Crippen LogP contribution in [0.25, 0.3) is 32.3 Å². The molecule has 2 aromatic heterocycles. The molecule has 0 saturated heterocycles. The van der Waals surface area contributed by atoms with Crippen LogP contribution in [0.5, 0.6) is 0 Å². The number of benzene rings is 2. The van der Waals surface area contributed by atoms with Crippen LogP contribution in [-0.2, 0) is 0 Å². The van der Waals surface area contributed by atoms with E-state index in [9.17, 15) is 0 Å². The third kappa shape index (κ3) is 2.62. The van der Waals surface area contributed by atoms with E-state index in [1.165, 1.54) is 10.4 Å². The topological polar surface area (TPSA) is 29.3 Å².